The Labute approximate surface area is 73.1 Å². The summed E-state index contributed by atoms with van der Waals surface area (Å²) in [7, 11) is 0. The molecule has 1 aromatic rings. The number of benzene rings is 1. The third kappa shape index (κ3) is 2.02. The molecule has 0 aromatic heterocycles. The lowest BCUT2D eigenvalue weighted by atomic mass is 10.2. The molecule has 1 rings (SSSR count). The van der Waals surface area contributed by atoms with Gasteiger partial charge in [0.15, 0.2) is 0 Å². The highest BCUT2D eigenvalue weighted by atomic mass is 14.9. The molecule has 0 fully saturated rings. The maximum atomic E-state index is 5.73. The summed E-state index contributed by atoms with van der Waals surface area (Å²) in [6.07, 6.45) is 1.81. The minimum Gasteiger partial charge on any atom is -0.397 e. The average Bonchev–Trinajstić information content (AvgIpc) is 2.07. The van der Waals surface area contributed by atoms with Crippen LogP contribution in [0, 0.1) is 6.92 Å². The molecule has 2 nitrogen and oxygen atoms in total. The molecule has 0 heterocycles. The van der Waals surface area contributed by atoms with Crippen LogP contribution in [0.3, 0.4) is 0 Å². The molecule has 0 aliphatic heterocycles. The summed E-state index contributed by atoms with van der Waals surface area (Å²) in [6.45, 7) is 6.41. The third-order valence-electron chi connectivity index (χ3n) is 1.65. The van der Waals surface area contributed by atoms with Gasteiger partial charge >= 0.3 is 0 Å². The van der Waals surface area contributed by atoms with Crippen LogP contribution in [-0.2, 0) is 0 Å². The van der Waals surface area contributed by atoms with Crippen molar-refractivity contribution in [1.82, 2.24) is 0 Å². The number of nitrogens with two attached hydrogens (primary N) is 1. The molecule has 0 bridgehead atoms. The minimum atomic E-state index is 0.744. The van der Waals surface area contributed by atoms with Gasteiger partial charge in [-0.3, -0.25) is 0 Å². The minimum absolute atomic E-state index is 0.744. The second-order valence-corrected chi connectivity index (χ2v) is 2.76. The number of nitrogen functional groups attached to an aromatic ring is 1. The quantitative estimate of drug-likeness (QED) is 0.528. The van der Waals surface area contributed by atoms with Crippen LogP contribution in [0.2, 0.25) is 0 Å². The zero-order chi connectivity index (χ0) is 8.97. The fourth-order valence-corrected chi connectivity index (χ4v) is 1.01. The van der Waals surface area contributed by atoms with Crippen molar-refractivity contribution >= 4 is 11.4 Å². The van der Waals surface area contributed by atoms with E-state index in [1.807, 2.05) is 31.2 Å². The highest BCUT2D eigenvalue weighted by Gasteiger charge is 1.95. The van der Waals surface area contributed by atoms with Crippen LogP contribution in [0.15, 0.2) is 30.9 Å². The van der Waals surface area contributed by atoms with Gasteiger partial charge in [-0.25, -0.2) is 0 Å². The van der Waals surface area contributed by atoms with Crippen LogP contribution in [-0.4, -0.2) is 6.54 Å². The van der Waals surface area contributed by atoms with Crippen molar-refractivity contribution in [3.05, 3.63) is 36.4 Å². The zero-order valence-electron chi connectivity index (χ0n) is 7.30. The molecule has 3 N–H and O–H groups in total. The Kier molecular flexibility index (Phi) is 2.75. The van der Waals surface area contributed by atoms with Gasteiger partial charge in [0.2, 0.25) is 0 Å². The lowest BCUT2D eigenvalue weighted by molar-refractivity contribution is 1.33. The Balaban J connectivity index is 2.82. The number of hydrogen-bond acceptors (Lipinski definition) is 2. The predicted molar refractivity (Wildman–Crippen MR) is 54.3 cm³/mol. The monoisotopic (exact) mass is 162 g/mol. The fourth-order valence-electron chi connectivity index (χ4n) is 1.01. The topological polar surface area (TPSA) is 38.0 Å². The number of aryl methyl sites for hydroxylation is 1. The van der Waals surface area contributed by atoms with Gasteiger partial charge in [0, 0.05) is 6.54 Å². The van der Waals surface area contributed by atoms with E-state index in [2.05, 4.69) is 11.9 Å². The lowest BCUT2D eigenvalue weighted by Crippen LogP contribution is -2.01. The standard InChI is InChI=1S/C10H14N2/c1-3-6-12-10-7-8(2)4-5-9(10)11/h3-5,7,12H,1,6,11H2,2H3. The van der Waals surface area contributed by atoms with E-state index >= 15 is 0 Å². The van der Waals surface area contributed by atoms with Crippen LogP contribution in [0.1, 0.15) is 5.56 Å². The number of nitrogens with one attached hydrogen (secondary N) is 1. The van der Waals surface area contributed by atoms with E-state index in [1.165, 1.54) is 5.56 Å². The van der Waals surface area contributed by atoms with Crippen molar-refractivity contribution in [3.8, 4) is 0 Å². The molecule has 0 amide bonds. The van der Waals surface area contributed by atoms with Crippen LogP contribution in [0.4, 0.5) is 11.4 Å². The summed E-state index contributed by atoms with van der Waals surface area (Å²) in [4.78, 5) is 0. The van der Waals surface area contributed by atoms with Gasteiger partial charge in [-0.15, -0.1) is 6.58 Å². The lowest BCUT2D eigenvalue weighted by Gasteiger charge is -2.07. The van der Waals surface area contributed by atoms with Gasteiger partial charge in [-0.2, -0.15) is 0 Å². The molecule has 0 atom stereocenters. The highest BCUT2D eigenvalue weighted by Crippen LogP contribution is 2.18. The molecule has 0 aliphatic carbocycles. The molecule has 0 unspecified atom stereocenters. The molecule has 12 heavy (non-hydrogen) atoms. The molecule has 0 spiro atoms. The Morgan fingerprint density at radius 3 is 3.00 bits per heavy atom. The van der Waals surface area contributed by atoms with E-state index in [-0.39, 0.29) is 0 Å². The summed E-state index contributed by atoms with van der Waals surface area (Å²) in [6, 6.07) is 5.92. The van der Waals surface area contributed by atoms with Gasteiger partial charge in [-0.05, 0) is 24.6 Å². The summed E-state index contributed by atoms with van der Waals surface area (Å²) in [5.41, 5.74) is 8.70. The summed E-state index contributed by atoms with van der Waals surface area (Å²) in [5.74, 6) is 0. The Morgan fingerprint density at radius 1 is 1.58 bits per heavy atom. The number of hydrogen-bond donors (Lipinski definition) is 2. The molecule has 1 aromatic carbocycles. The summed E-state index contributed by atoms with van der Waals surface area (Å²) >= 11 is 0. The molecule has 64 valence electrons. The van der Waals surface area contributed by atoms with Gasteiger partial charge in [0.05, 0.1) is 11.4 Å². The molecule has 2 heteroatoms. The van der Waals surface area contributed by atoms with E-state index < -0.39 is 0 Å². The largest absolute Gasteiger partial charge is 0.397 e. The first-order valence-electron chi connectivity index (χ1n) is 3.95. The van der Waals surface area contributed by atoms with Crippen LogP contribution < -0.4 is 11.1 Å². The average molecular weight is 162 g/mol. The predicted octanol–water partition coefficient (Wildman–Crippen LogP) is 2.18. The summed E-state index contributed by atoms with van der Waals surface area (Å²) < 4.78 is 0. The van der Waals surface area contributed by atoms with Crippen molar-refractivity contribution in [2.24, 2.45) is 0 Å². The van der Waals surface area contributed by atoms with Crippen LogP contribution in [0.5, 0.6) is 0 Å². The Bertz CT molecular complexity index is 279. The van der Waals surface area contributed by atoms with Gasteiger partial charge in [-0.1, -0.05) is 12.1 Å². The molecule has 0 saturated carbocycles. The van der Waals surface area contributed by atoms with E-state index in [4.69, 9.17) is 5.73 Å². The Hall–Kier alpha value is -1.44. The SMILES string of the molecule is C=CCNc1cc(C)ccc1N. The molecular formula is C10H14N2. The van der Waals surface area contributed by atoms with E-state index in [1.54, 1.807) is 0 Å². The maximum absolute atomic E-state index is 5.73. The van der Waals surface area contributed by atoms with Gasteiger partial charge in [0.1, 0.15) is 0 Å². The van der Waals surface area contributed by atoms with Crippen molar-refractivity contribution < 1.29 is 0 Å². The van der Waals surface area contributed by atoms with E-state index in [0.717, 1.165) is 17.9 Å². The van der Waals surface area contributed by atoms with Crippen molar-refractivity contribution in [3.63, 3.8) is 0 Å². The van der Waals surface area contributed by atoms with E-state index in [9.17, 15) is 0 Å². The molecule has 0 radical (unpaired) electrons. The first-order chi connectivity index (χ1) is 5.74. The van der Waals surface area contributed by atoms with Crippen LogP contribution in [0.25, 0.3) is 0 Å². The van der Waals surface area contributed by atoms with Gasteiger partial charge in [0.25, 0.3) is 0 Å². The number of anilines is 2. The second kappa shape index (κ2) is 3.81. The smallest absolute Gasteiger partial charge is 0.0579 e. The van der Waals surface area contributed by atoms with Gasteiger partial charge < -0.3 is 11.1 Å². The zero-order valence-corrected chi connectivity index (χ0v) is 7.30. The first kappa shape index (κ1) is 8.65. The van der Waals surface area contributed by atoms with Crippen molar-refractivity contribution in [2.75, 3.05) is 17.6 Å². The first-order valence-corrected chi connectivity index (χ1v) is 3.95. The maximum Gasteiger partial charge on any atom is 0.0579 e. The third-order valence-corrected chi connectivity index (χ3v) is 1.65. The van der Waals surface area contributed by atoms with Crippen molar-refractivity contribution in [2.45, 2.75) is 6.92 Å². The molecular weight excluding hydrogens is 148 g/mol. The summed E-state index contributed by atoms with van der Waals surface area (Å²) in [5, 5.41) is 3.16. The Morgan fingerprint density at radius 2 is 2.33 bits per heavy atom. The second-order valence-electron chi connectivity index (χ2n) is 2.76. The molecule has 0 aliphatic rings. The van der Waals surface area contributed by atoms with Crippen molar-refractivity contribution in [1.29, 1.82) is 0 Å². The fraction of sp³-hybridized carbons (Fsp3) is 0.200. The molecule has 0 saturated heterocycles. The van der Waals surface area contributed by atoms with E-state index in [0.29, 0.717) is 0 Å². The normalized spacial score (nSPS) is 9.42. The highest BCUT2D eigenvalue weighted by molar-refractivity contribution is 5.67. The van der Waals surface area contributed by atoms with Crippen LogP contribution >= 0.6 is 0 Å². The number of rotatable bonds is 3.